The summed E-state index contributed by atoms with van der Waals surface area (Å²) in [6.45, 7) is 0. The molecule has 0 heterocycles. The highest BCUT2D eigenvalue weighted by atomic mass is 31.1. The zero-order valence-electron chi connectivity index (χ0n) is 19.9. The van der Waals surface area contributed by atoms with Crippen molar-refractivity contribution < 1.29 is 24.4 Å². The highest BCUT2D eigenvalue weighted by molar-refractivity contribution is 7.51. The topological polar surface area (TPSA) is 130 Å². The summed E-state index contributed by atoms with van der Waals surface area (Å²) in [5.74, 6) is -3.32. The van der Waals surface area contributed by atoms with Crippen molar-refractivity contribution in [2.24, 2.45) is 11.7 Å². The van der Waals surface area contributed by atoms with Gasteiger partial charge in [0.15, 0.2) is 0 Å². The van der Waals surface area contributed by atoms with Crippen LogP contribution in [0.1, 0.15) is 17.5 Å². The van der Waals surface area contributed by atoms with E-state index in [1.54, 1.807) is 0 Å². The lowest BCUT2D eigenvalue weighted by Crippen LogP contribution is -2.46. The predicted molar refractivity (Wildman–Crippen MR) is 141 cm³/mol. The second-order valence-electron chi connectivity index (χ2n) is 8.68. The van der Waals surface area contributed by atoms with Crippen LogP contribution in [-0.2, 0) is 27.2 Å². The fraction of sp³-hybridized carbons (Fsp3) is 0.250. The Morgan fingerprint density at radius 2 is 1.42 bits per heavy atom. The Morgan fingerprint density at radius 3 is 2.00 bits per heavy atom. The normalized spacial score (nSPS) is 13.4. The van der Waals surface area contributed by atoms with Gasteiger partial charge in [-0.1, -0.05) is 84.9 Å². The Bertz CT molecular complexity index is 1140. The number of carboxylic acids is 1. The molecule has 188 valence electrons. The first-order valence-electron chi connectivity index (χ1n) is 11.8. The van der Waals surface area contributed by atoms with E-state index in [0.717, 1.165) is 22.3 Å². The number of aryl methyl sites for hydroxylation is 1. The molecule has 0 spiro atoms. The van der Waals surface area contributed by atoms with Crippen LogP contribution in [0.4, 0.5) is 0 Å². The van der Waals surface area contributed by atoms with E-state index in [4.69, 9.17) is 5.73 Å². The van der Waals surface area contributed by atoms with Crippen molar-refractivity contribution in [1.29, 1.82) is 0 Å². The first-order chi connectivity index (χ1) is 17.3. The number of hydrogen-bond donors (Lipinski definition) is 4. The molecule has 5 N–H and O–H groups in total. The fourth-order valence-electron chi connectivity index (χ4n) is 3.93. The maximum atomic E-state index is 13.1. The van der Waals surface area contributed by atoms with E-state index >= 15 is 0 Å². The number of benzene rings is 3. The van der Waals surface area contributed by atoms with Crippen LogP contribution in [0, 0.1) is 5.92 Å². The molecule has 8 heteroatoms. The molecular formula is C28H31N2O5P. The third-order valence-electron chi connectivity index (χ3n) is 5.87. The van der Waals surface area contributed by atoms with Gasteiger partial charge in [-0.05, 0) is 41.3 Å². The van der Waals surface area contributed by atoms with E-state index in [-0.39, 0.29) is 6.16 Å². The summed E-state index contributed by atoms with van der Waals surface area (Å²) in [6, 6.07) is 26.1. The predicted octanol–water partition coefficient (Wildman–Crippen LogP) is 3.59. The highest BCUT2D eigenvalue weighted by Crippen LogP contribution is 2.35. The Hall–Kier alpha value is -3.54. The van der Waals surface area contributed by atoms with Crippen LogP contribution in [0.3, 0.4) is 0 Å². The number of nitrogens with one attached hydrogen (secondary N) is 1. The number of primary amides is 1. The van der Waals surface area contributed by atoms with Gasteiger partial charge >= 0.3 is 5.97 Å². The number of carbonyl (C=O) groups is 3. The van der Waals surface area contributed by atoms with E-state index in [9.17, 15) is 24.4 Å². The molecule has 0 saturated heterocycles. The third-order valence-corrected chi connectivity index (χ3v) is 7.47. The molecule has 0 aliphatic rings. The van der Waals surface area contributed by atoms with Crippen LogP contribution in [0.2, 0.25) is 0 Å². The molecule has 0 aliphatic carbocycles. The lowest BCUT2D eigenvalue weighted by atomic mass is 9.97. The maximum absolute atomic E-state index is 13.1. The van der Waals surface area contributed by atoms with Gasteiger partial charge in [0.25, 0.3) is 0 Å². The average molecular weight is 507 g/mol. The molecule has 0 fully saturated rings. The summed E-state index contributed by atoms with van der Waals surface area (Å²) in [6.07, 6.45) is 1.26. The monoisotopic (exact) mass is 506 g/mol. The van der Waals surface area contributed by atoms with E-state index in [0.29, 0.717) is 19.0 Å². The molecule has 3 aromatic rings. The van der Waals surface area contributed by atoms with Gasteiger partial charge in [0, 0.05) is 20.2 Å². The molecule has 2 amide bonds. The summed E-state index contributed by atoms with van der Waals surface area (Å²) < 4.78 is 0. The van der Waals surface area contributed by atoms with Crippen LogP contribution < -0.4 is 11.1 Å². The molecule has 3 atom stereocenters. The third kappa shape index (κ3) is 8.59. The van der Waals surface area contributed by atoms with Crippen molar-refractivity contribution >= 4 is 25.9 Å². The van der Waals surface area contributed by atoms with E-state index in [1.807, 2.05) is 84.9 Å². The lowest BCUT2D eigenvalue weighted by molar-refractivity contribution is -0.143. The van der Waals surface area contributed by atoms with Crippen LogP contribution in [-0.4, -0.2) is 46.1 Å². The van der Waals surface area contributed by atoms with Crippen molar-refractivity contribution in [1.82, 2.24) is 5.32 Å². The van der Waals surface area contributed by atoms with Gasteiger partial charge in [0.2, 0.25) is 11.8 Å². The first-order valence-corrected chi connectivity index (χ1v) is 13.4. The molecule has 7 nitrogen and oxygen atoms in total. The van der Waals surface area contributed by atoms with Crippen molar-refractivity contribution in [3.63, 3.8) is 0 Å². The second kappa shape index (κ2) is 13.5. The molecule has 3 rings (SSSR count). The van der Waals surface area contributed by atoms with Gasteiger partial charge in [0.05, 0.1) is 6.42 Å². The maximum Gasteiger partial charge on any atom is 0.326 e. The minimum absolute atomic E-state index is 0.220. The Labute approximate surface area is 212 Å². The SMILES string of the molecule is NC(=O)CC(NC(=O)C(Cc1ccc(-c2ccccc2)cc1)CP(O)CCc1ccccc1)C(=O)O. The van der Waals surface area contributed by atoms with E-state index in [2.05, 4.69) is 5.32 Å². The quantitative estimate of drug-likeness (QED) is 0.263. The van der Waals surface area contributed by atoms with Gasteiger partial charge in [0.1, 0.15) is 6.04 Å². The first kappa shape index (κ1) is 27.1. The lowest BCUT2D eigenvalue weighted by Gasteiger charge is -2.22. The van der Waals surface area contributed by atoms with Gasteiger partial charge in [-0.25, -0.2) is 4.79 Å². The molecular weight excluding hydrogens is 475 g/mol. The molecule has 3 unspecified atom stereocenters. The minimum Gasteiger partial charge on any atom is -0.480 e. The Kier molecular flexibility index (Phi) is 10.2. The highest BCUT2D eigenvalue weighted by Gasteiger charge is 2.28. The average Bonchev–Trinajstić information content (AvgIpc) is 2.88. The molecule has 0 aliphatic heterocycles. The Balaban J connectivity index is 1.72. The number of carboxylic acid groups (broad SMARTS) is 1. The number of rotatable bonds is 13. The van der Waals surface area contributed by atoms with Gasteiger partial charge in [-0.15, -0.1) is 0 Å². The van der Waals surface area contributed by atoms with Crippen LogP contribution >= 0.6 is 8.15 Å². The van der Waals surface area contributed by atoms with Crippen molar-refractivity contribution in [2.45, 2.75) is 25.3 Å². The number of aliphatic carboxylic acids is 1. The van der Waals surface area contributed by atoms with Crippen LogP contribution in [0.15, 0.2) is 84.9 Å². The molecule has 0 radical (unpaired) electrons. The van der Waals surface area contributed by atoms with Gasteiger partial charge in [-0.3, -0.25) is 9.59 Å². The Morgan fingerprint density at radius 1 is 0.833 bits per heavy atom. The van der Waals surface area contributed by atoms with E-state index < -0.39 is 44.3 Å². The number of nitrogens with two attached hydrogens (primary N) is 1. The largest absolute Gasteiger partial charge is 0.480 e. The van der Waals surface area contributed by atoms with Gasteiger partial charge in [-0.2, -0.15) is 0 Å². The van der Waals surface area contributed by atoms with Crippen molar-refractivity contribution in [3.05, 3.63) is 96.1 Å². The number of carbonyl (C=O) groups excluding carboxylic acids is 2. The number of hydrogen-bond acceptors (Lipinski definition) is 4. The second-order valence-corrected chi connectivity index (χ2v) is 10.5. The standard InChI is InChI=1S/C28H31N2O5P/c29-26(31)18-25(28(33)34)30-27(32)24(19-36(35)16-15-20-7-3-1-4-8-20)17-21-11-13-23(14-12-21)22-9-5-2-6-10-22/h1-14,24-25,35H,15-19H2,(H2,29,31)(H,30,32)(H,33,34). The molecule has 0 bridgehead atoms. The molecule has 3 aromatic carbocycles. The summed E-state index contributed by atoms with van der Waals surface area (Å²) in [7, 11) is -1.47. The summed E-state index contributed by atoms with van der Waals surface area (Å²) in [5, 5.41) is 11.9. The summed E-state index contributed by atoms with van der Waals surface area (Å²) in [4.78, 5) is 46.7. The number of amides is 2. The summed E-state index contributed by atoms with van der Waals surface area (Å²) >= 11 is 0. The minimum atomic E-state index is -1.47. The summed E-state index contributed by atoms with van der Waals surface area (Å²) in [5.41, 5.74) is 9.27. The van der Waals surface area contributed by atoms with Gasteiger partial charge < -0.3 is 21.1 Å². The van der Waals surface area contributed by atoms with Crippen LogP contribution in [0.25, 0.3) is 11.1 Å². The molecule has 0 saturated carbocycles. The fourth-order valence-corrected chi connectivity index (χ4v) is 5.43. The van der Waals surface area contributed by atoms with Crippen LogP contribution in [0.5, 0.6) is 0 Å². The zero-order valence-corrected chi connectivity index (χ0v) is 20.8. The van der Waals surface area contributed by atoms with Crippen molar-refractivity contribution in [3.8, 4) is 11.1 Å². The zero-order chi connectivity index (χ0) is 25.9. The van der Waals surface area contributed by atoms with Crippen molar-refractivity contribution in [2.75, 3.05) is 12.3 Å². The van der Waals surface area contributed by atoms with E-state index in [1.165, 1.54) is 0 Å². The smallest absolute Gasteiger partial charge is 0.326 e. The molecule has 36 heavy (non-hydrogen) atoms. The molecule has 0 aromatic heterocycles.